The van der Waals surface area contributed by atoms with Crippen LogP contribution in [0, 0.1) is 5.41 Å². The van der Waals surface area contributed by atoms with Crippen LogP contribution in [0.3, 0.4) is 0 Å². The van der Waals surface area contributed by atoms with Gasteiger partial charge in [0, 0.05) is 27.3 Å². The molecule has 2 N–H and O–H groups in total. The number of nitrogen functional groups attached to an aromatic ring is 1. The number of hydrogen-bond donors (Lipinski definition) is 1. The number of rotatable bonds is 7. The lowest BCUT2D eigenvalue weighted by Crippen LogP contribution is -2.17. The van der Waals surface area contributed by atoms with E-state index in [9.17, 15) is 0 Å². The van der Waals surface area contributed by atoms with Crippen LogP contribution in [-0.4, -0.2) is 33.0 Å². The fourth-order valence-corrected chi connectivity index (χ4v) is 3.14. The highest BCUT2D eigenvalue weighted by Gasteiger charge is 2.43. The summed E-state index contributed by atoms with van der Waals surface area (Å²) in [5.41, 5.74) is 9.60. The van der Waals surface area contributed by atoms with Crippen molar-refractivity contribution in [3.8, 4) is 0 Å². The van der Waals surface area contributed by atoms with Crippen molar-refractivity contribution < 1.29 is 4.74 Å². The molecular formula is C15H25N5O. The van der Waals surface area contributed by atoms with E-state index in [-0.39, 0.29) is 0 Å². The normalized spacial score (nSPS) is 16.7. The van der Waals surface area contributed by atoms with E-state index in [1.807, 2.05) is 11.7 Å². The molecule has 0 spiro atoms. The van der Waals surface area contributed by atoms with Crippen molar-refractivity contribution in [2.45, 2.75) is 45.6 Å². The molecule has 0 radical (unpaired) electrons. The van der Waals surface area contributed by atoms with Gasteiger partial charge in [-0.1, -0.05) is 13.3 Å². The van der Waals surface area contributed by atoms with Crippen LogP contribution in [0.2, 0.25) is 0 Å². The van der Waals surface area contributed by atoms with Gasteiger partial charge in [-0.25, -0.2) is 4.98 Å². The summed E-state index contributed by atoms with van der Waals surface area (Å²) < 4.78 is 9.31. The number of anilines is 1. The van der Waals surface area contributed by atoms with E-state index in [1.165, 1.54) is 12.8 Å². The third kappa shape index (κ3) is 2.52. The molecule has 116 valence electrons. The molecule has 0 aliphatic heterocycles. The van der Waals surface area contributed by atoms with E-state index < -0.39 is 0 Å². The molecule has 1 fully saturated rings. The molecule has 2 heterocycles. The van der Waals surface area contributed by atoms with Crippen LogP contribution >= 0.6 is 0 Å². The number of hydrogen-bond acceptors (Lipinski definition) is 4. The van der Waals surface area contributed by atoms with E-state index in [0.717, 1.165) is 49.3 Å². The zero-order chi connectivity index (χ0) is 15.0. The Kier molecular flexibility index (Phi) is 3.65. The number of imidazole rings is 1. The molecule has 3 rings (SSSR count). The van der Waals surface area contributed by atoms with Crippen molar-refractivity contribution in [1.82, 2.24) is 19.3 Å². The van der Waals surface area contributed by atoms with Gasteiger partial charge in [0.25, 0.3) is 0 Å². The van der Waals surface area contributed by atoms with Crippen LogP contribution in [0.4, 0.5) is 5.95 Å². The Labute approximate surface area is 125 Å². The minimum atomic E-state index is 0.340. The second kappa shape index (κ2) is 5.33. The van der Waals surface area contributed by atoms with Crippen LogP contribution < -0.4 is 5.73 Å². The van der Waals surface area contributed by atoms with Gasteiger partial charge in [0.1, 0.15) is 5.52 Å². The maximum atomic E-state index is 6.17. The van der Waals surface area contributed by atoms with E-state index in [4.69, 9.17) is 10.5 Å². The highest BCUT2D eigenvalue weighted by molar-refractivity contribution is 5.77. The topological polar surface area (TPSA) is 70.9 Å². The van der Waals surface area contributed by atoms with Gasteiger partial charge < -0.3 is 10.5 Å². The van der Waals surface area contributed by atoms with Gasteiger partial charge in [-0.15, -0.1) is 0 Å². The minimum absolute atomic E-state index is 0.340. The van der Waals surface area contributed by atoms with Crippen LogP contribution in [-0.2, 0) is 24.8 Å². The Hall–Kier alpha value is -1.56. The Morgan fingerprint density at radius 1 is 1.38 bits per heavy atom. The van der Waals surface area contributed by atoms with Crippen molar-refractivity contribution >= 4 is 17.1 Å². The number of ether oxygens (including phenoxy) is 1. The second-order valence-electron chi connectivity index (χ2n) is 6.29. The molecular weight excluding hydrogens is 266 g/mol. The maximum Gasteiger partial charge on any atom is 0.202 e. The van der Waals surface area contributed by atoms with E-state index in [0.29, 0.717) is 11.4 Å². The number of fused-ring (bicyclic) bond motifs is 1. The predicted octanol–water partition coefficient (Wildman–Crippen LogP) is 2.12. The van der Waals surface area contributed by atoms with Crippen LogP contribution in [0.25, 0.3) is 11.2 Å². The third-order valence-electron chi connectivity index (χ3n) is 4.59. The first-order valence-corrected chi connectivity index (χ1v) is 7.77. The molecule has 0 bridgehead atoms. The summed E-state index contributed by atoms with van der Waals surface area (Å²) in [6.45, 7) is 3.89. The van der Waals surface area contributed by atoms with E-state index in [1.54, 1.807) is 7.11 Å². The molecule has 0 unspecified atom stereocenters. The smallest absolute Gasteiger partial charge is 0.202 e. The Morgan fingerprint density at radius 3 is 2.76 bits per heavy atom. The zero-order valence-electron chi connectivity index (χ0n) is 13.2. The lowest BCUT2D eigenvalue weighted by molar-refractivity contribution is 0.167. The lowest BCUT2D eigenvalue weighted by Gasteiger charge is -2.16. The van der Waals surface area contributed by atoms with Gasteiger partial charge in [-0.2, -0.15) is 5.10 Å². The summed E-state index contributed by atoms with van der Waals surface area (Å²) in [5, 5.41) is 4.61. The minimum Gasteiger partial charge on any atom is -0.385 e. The first-order chi connectivity index (χ1) is 10.1. The number of methoxy groups -OCH3 is 1. The Balaban J connectivity index is 1.93. The fourth-order valence-electron chi connectivity index (χ4n) is 3.14. The molecule has 0 atom stereocenters. The Bertz CT molecular complexity index is 638. The quantitative estimate of drug-likeness (QED) is 0.848. The number of aromatic nitrogens is 4. The van der Waals surface area contributed by atoms with Crippen molar-refractivity contribution in [1.29, 1.82) is 0 Å². The lowest BCUT2D eigenvalue weighted by atomic mass is 10.0. The van der Waals surface area contributed by atoms with Gasteiger partial charge in [0.05, 0.1) is 5.69 Å². The SMILES string of the molecule is CCCc1nn(C)c2c1nc(N)n2CC1(CCOC)CC1. The van der Waals surface area contributed by atoms with Crippen LogP contribution in [0.5, 0.6) is 0 Å². The molecule has 0 saturated heterocycles. The third-order valence-corrected chi connectivity index (χ3v) is 4.59. The van der Waals surface area contributed by atoms with Gasteiger partial charge >= 0.3 is 0 Å². The van der Waals surface area contributed by atoms with E-state index >= 15 is 0 Å². The van der Waals surface area contributed by atoms with Gasteiger partial charge in [0.15, 0.2) is 5.65 Å². The summed E-state index contributed by atoms with van der Waals surface area (Å²) in [5.74, 6) is 0.610. The van der Waals surface area contributed by atoms with Gasteiger partial charge in [0.2, 0.25) is 5.95 Å². The highest BCUT2D eigenvalue weighted by atomic mass is 16.5. The highest BCUT2D eigenvalue weighted by Crippen LogP contribution is 2.50. The largest absolute Gasteiger partial charge is 0.385 e. The first-order valence-electron chi connectivity index (χ1n) is 7.77. The van der Waals surface area contributed by atoms with Crippen molar-refractivity contribution in [3.63, 3.8) is 0 Å². The average Bonchev–Trinajstić information content (AvgIpc) is 3.06. The predicted molar refractivity (Wildman–Crippen MR) is 83.1 cm³/mol. The fraction of sp³-hybridized carbons (Fsp3) is 0.733. The summed E-state index contributed by atoms with van der Waals surface area (Å²) in [7, 11) is 3.74. The molecule has 1 saturated carbocycles. The maximum absolute atomic E-state index is 6.17. The molecule has 1 aliphatic rings. The average molecular weight is 291 g/mol. The molecule has 0 amide bonds. The van der Waals surface area contributed by atoms with Gasteiger partial charge in [-0.05, 0) is 31.1 Å². The van der Waals surface area contributed by atoms with Crippen molar-refractivity contribution in [2.24, 2.45) is 12.5 Å². The van der Waals surface area contributed by atoms with Gasteiger partial charge in [-0.3, -0.25) is 9.25 Å². The summed E-state index contributed by atoms with van der Waals surface area (Å²) in [6, 6.07) is 0. The molecule has 6 nitrogen and oxygen atoms in total. The Morgan fingerprint density at radius 2 is 2.14 bits per heavy atom. The molecule has 1 aliphatic carbocycles. The first kappa shape index (κ1) is 14.4. The summed E-state index contributed by atoms with van der Waals surface area (Å²) >= 11 is 0. The number of nitrogens with zero attached hydrogens (tertiary/aromatic N) is 4. The standard InChI is InChI=1S/C15H25N5O/c1-4-5-11-12-13(19(2)18-11)20(14(16)17-12)10-15(6-7-15)8-9-21-3/h4-10H2,1-3H3,(H2,16,17). The summed E-state index contributed by atoms with van der Waals surface area (Å²) in [6.07, 6.45) is 5.59. The second-order valence-corrected chi connectivity index (χ2v) is 6.29. The summed E-state index contributed by atoms with van der Waals surface area (Å²) in [4.78, 5) is 4.57. The number of aryl methyl sites for hydroxylation is 2. The van der Waals surface area contributed by atoms with E-state index in [2.05, 4.69) is 21.6 Å². The van der Waals surface area contributed by atoms with Crippen LogP contribution in [0.15, 0.2) is 0 Å². The molecule has 6 heteroatoms. The van der Waals surface area contributed by atoms with Crippen molar-refractivity contribution in [2.75, 3.05) is 19.5 Å². The molecule has 21 heavy (non-hydrogen) atoms. The van der Waals surface area contributed by atoms with Crippen molar-refractivity contribution in [3.05, 3.63) is 5.69 Å². The number of nitrogens with two attached hydrogens (primary N) is 1. The monoisotopic (exact) mass is 291 g/mol. The molecule has 0 aromatic carbocycles. The molecule has 2 aromatic rings. The molecule has 2 aromatic heterocycles. The zero-order valence-corrected chi connectivity index (χ0v) is 13.2. The van der Waals surface area contributed by atoms with Crippen LogP contribution in [0.1, 0.15) is 38.3 Å².